The van der Waals surface area contributed by atoms with E-state index in [2.05, 4.69) is 5.32 Å². The summed E-state index contributed by atoms with van der Waals surface area (Å²) in [6, 6.07) is 1.67. The second-order valence-corrected chi connectivity index (χ2v) is 9.85. The first kappa shape index (κ1) is 23.5. The van der Waals surface area contributed by atoms with Gasteiger partial charge in [0.25, 0.3) is 0 Å². The van der Waals surface area contributed by atoms with Gasteiger partial charge in [-0.1, -0.05) is 18.2 Å². The fourth-order valence-corrected chi connectivity index (χ4v) is 3.36. The first-order valence-corrected chi connectivity index (χ1v) is 10.8. The van der Waals surface area contributed by atoms with Crippen molar-refractivity contribution in [1.29, 1.82) is 0 Å². The highest BCUT2D eigenvalue weighted by molar-refractivity contribution is 6.11. The minimum absolute atomic E-state index is 0.112. The van der Waals surface area contributed by atoms with Crippen LogP contribution < -0.4 is 10.2 Å². The van der Waals surface area contributed by atoms with Gasteiger partial charge in [-0.3, -0.25) is 4.79 Å². The summed E-state index contributed by atoms with van der Waals surface area (Å²) in [5.74, 6) is -0.143. The molecule has 1 aliphatic carbocycles. The highest BCUT2D eigenvalue weighted by Gasteiger charge is 2.36. The van der Waals surface area contributed by atoms with Gasteiger partial charge in [-0.25, -0.2) is 14.6 Å². The van der Waals surface area contributed by atoms with Crippen LogP contribution in [0.2, 0.25) is 0 Å². The molecule has 32 heavy (non-hydrogen) atoms. The predicted octanol–water partition coefficient (Wildman–Crippen LogP) is 4.66. The quantitative estimate of drug-likeness (QED) is 0.717. The third kappa shape index (κ3) is 5.75. The number of aromatic nitrogens is 1. The Labute approximate surface area is 188 Å². The molecular weight excluding hydrogens is 410 g/mol. The lowest BCUT2D eigenvalue weighted by Crippen LogP contribution is -2.44. The zero-order valence-electron chi connectivity index (χ0n) is 19.6. The fraction of sp³-hybridized carbons (Fsp3) is 0.500. The van der Waals surface area contributed by atoms with Crippen molar-refractivity contribution >= 4 is 29.4 Å². The molecular formula is C24H31N3O5. The molecule has 2 aliphatic rings. The molecule has 8 nitrogen and oxygen atoms in total. The number of hydrogen-bond acceptors (Lipinski definition) is 6. The van der Waals surface area contributed by atoms with E-state index in [4.69, 9.17) is 14.5 Å². The molecule has 0 fully saturated rings. The Bertz CT molecular complexity index is 968. The number of nitrogens with zero attached hydrogens (tertiary/aromatic N) is 2. The summed E-state index contributed by atoms with van der Waals surface area (Å²) in [5, 5.41) is 2.79. The largest absolute Gasteiger partial charge is 0.443 e. The number of amides is 3. The molecule has 1 aromatic rings. The van der Waals surface area contributed by atoms with Gasteiger partial charge in [-0.05, 0) is 71.6 Å². The smallest absolute Gasteiger partial charge is 0.424 e. The van der Waals surface area contributed by atoms with E-state index < -0.39 is 23.4 Å². The molecule has 1 N–H and O–H groups in total. The highest BCUT2D eigenvalue weighted by atomic mass is 16.6. The molecule has 172 valence electrons. The second-order valence-electron chi connectivity index (χ2n) is 9.85. The van der Waals surface area contributed by atoms with Gasteiger partial charge in [0.05, 0.1) is 30.0 Å². The number of carbonyl (C=O) groups excluding carboxylic acids is 3. The average molecular weight is 442 g/mol. The van der Waals surface area contributed by atoms with Gasteiger partial charge in [0.1, 0.15) is 11.2 Å². The maximum absolute atomic E-state index is 13.2. The van der Waals surface area contributed by atoms with E-state index in [1.165, 1.54) is 0 Å². The number of carbonyl (C=O) groups is 3. The number of fused-ring (bicyclic) bond motifs is 1. The number of anilines is 1. The number of rotatable bonds is 2. The molecule has 0 saturated carbocycles. The molecule has 0 aromatic carbocycles. The number of imide groups is 1. The third-order valence-electron chi connectivity index (χ3n) is 4.64. The molecule has 0 atom stereocenters. The second kappa shape index (κ2) is 8.76. The average Bonchev–Trinajstić information content (AvgIpc) is 2.65. The lowest BCUT2D eigenvalue weighted by Gasteiger charge is -2.30. The van der Waals surface area contributed by atoms with E-state index in [1.807, 2.05) is 18.2 Å². The van der Waals surface area contributed by atoms with Gasteiger partial charge in [0, 0.05) is 0 Å². The standard InChI is InChI=1S/C24H31N3O5/c1-23(2,3)31-21(29)27(22(30)32-24(4,5)6)18-12-16-13-19(28)25-14-17(16)26-20(18)15-10-8-7-9-11-15/h8,10-12H,7,9,13-14H2,1-6H3,(H,25,28). The first-order chi connectivity index (χ1) is 14.8. The van der Waals surface area contributed by atoms with Gasteiger partial charge in [0.2, 0.25) is 5.91 Å². The van der Waals surface area contributed by atoms with Crippen LogP contribution in [0.5, 0.6) is 0 Å². The van der Waals surface area contributed by atoms with Crippen molar-refractivity contribution in [2.75, 3.05) is 4.90 Å². The summed E-state index contributed by atoms with van der Waals surface area (Å²) < 4.78 is 11.1. The van der Waals surface area contributed by atoms with Crippen molar-refractivity contribution in [2.45, 2.75) is 78.6 Å². The monoisotopic (exact) mass is 441 g/mol. The third-order valence-corrected chi connectivity index (χ3v) is 4.64. The van der Waals surface area contributed by atoms with Crippen LogP contribution in [-0.4, -0.2) is 34.3 Å². The SMILES string of the molecule is CC(C)(C)OC(=O)N(C(=O)OC(C)(C)C)c1cc2c(nc1C1=CCCC=C1)CNC(=O)C2. The number of ether oxygens (including phenoxy) is 2. The summed E-state index contributed by atoms with van der Waals surface area (Å²) in [6.07, 6.45) is 6.06. The lowest BCUT2D eigenvalue weighted by molar-refractivity contribution is -0.121. The van der Waals surface area contributed by atoms with Gasteiger partial charge in [-0.2, -0.15) is 4.90 Å². The Hall–Kier alpha value is -3.16. The Morgan fingerprint density at radius 3 is 2.19 bits per heavy atom. The van der Waals surface area contributed by atoms with Crippen molar-refractivity contribution in [3.8, 4) is 0 Å². The van der Waals surface area contributed by atoms with E-state index in [0.717, 1.165) is 23.3 Å². The summed E-state index contributed by atoms with van der Waals surface area (Å²) in [6.45, 7) is 10.6. The molecule has 1 aliphatic heterocycles. The van der Waals surface area contributed by atoms with Crippen molar-refractivity contribution in [3.63, 3.8) is 0 Å². The Morgan fingerprint density at radius 2 is 1.66 bits per heavy atom. The number of nitrogens with one attached hydrogen (secondary N) is 1. The number of hydrogen-bond donors (Lipinski definition) is 1. The zero-order chi connectivity index (χ0) is 23.7. The van der Waals surface area contributed by atoms with Gasteiger partial charge in [0.15, 0.2) is 0 Å². The summed E-state index contributed by atoms with van der Waals surface area (Å²) >= 11 is 0. The lowest BCUT2D eigenvalue weighted by atomic mass is 9.98. The summed E-state index contributed by atoms with van der Waals surface area (Å²) in [5.41, 5.74) is 1.20. The molecule has 1 aromatic heterocycles. The van der Waals surface area contributed by atoms with Crippen molar-refractivity contribution in [2.24, 2.45) is 0 Å². The Kier molecular flexibility index (Phi) is 6.44. The van der Waals surface area contributed by atoms with E-state index in [0.29, 0.717) is 17.0 Å². The van der Waals surface area contributed by atoms with Crippen molar-refractivity contribution < 1.29 is 23.9 Å². The molecule has 8 heteroatoms. The van der Waals surface area contributed by atoms with Crippen LogP contribution in [0.25, 0.3) is 5.57 Å². The molecule has 3 rings (SSSR count). The minimum Gasteiger partial charge on any atom is -0.443 e. The van der Waals surface area contributed by atoms with E-state index in [-0.39, 0.29) is 24.6 Å². The Balaban J connectivity index is 2.18. The molecule has 2 heterocycles. The van der Waals surface area contributed by atoms with Crippen LogP contribution in [0.3, 0.4) is 0 Å². The van der Waals surface area contributed by atoms with E-state index in [9.17, 15) is 14.4 Å². The maximum Gasteiger partial charge on any atom is 0.424 e. The first-order valence-electron chi connectivity index (χ1n) is 10.8. The van der Waals surface area contributed by atoms with Crippen LogP contribution in [0.15, 0.2) is 24.3 Å². The summed E-state index contributed by atoms with van der Waals surface area (Å²) in [7, 11) is 0. The molecule has 0 bridgehead atoms. The topological polar surface area (TPSA) is 97.8 Å². The van der Waals surface area contributed by atoms with Crippen LogP contribution in [0, 0.1) is 0 Å². The van der Waals surface area contributed by atoms with Crippen molar-refractivity contribution in [3.05, 3.63) is 41.2 Å². The number of allylic oxidation sites excluding steroid dienone is 4. The van der Waals surface area contributed by atoms with Gasteiger partial charge in [-0.15, -0.1) is 0 Å². The van der Waals surface area contributed by atoms with Crippen LogP contribution in [0.1, 0.15) is 71.3 Å². The molecule has 0 saturated heterocycles. The van der Waals surface area contributed by atoms with Crippen LogP contribution in [-0.2, 0) is 27.2 Å². The summed E-state index contributed by atoms with van der Waals surface area (Å²) in [4.78, 5) is 44.0. The van der Waals surface area contributed by atoms with Gasteiger partial charge >= 0.3 is 12.2 Å². The molecule has 0 radical (unpaired) electrons. The fourth-order valence-electron chi connectivity index (χ4n) is 3.36. The molecule has 0 spiro atoms. The highest BCUT2D eigenvalue weighted by Crippen LogP contribution is 2.34. The predicted molar refractivity (Wildman–Crippen MR) is 121 cm³/mol. The Morgan fingerprint density at radius 1 is 1.03 bits per heavy atom. The van der Waals surface area contributed by atoms with E-state index in [1.54, 1.807) is 47.6 Å². The van der Waals surface area contributed by atoms with Crippen LogP contribution in [0.4, 0.5) is 15.3 Å². The molecule has 3 amide bonds. The maximum atomic E-state index is 13.2. The zero-order valence-corrected chi connectivity index (χ0v) is 19.6. The minimum atomic E-state index is -0.865. The van der Waals surface area contributed by atoms with Crippen molar-refractivity contribution in [1.82, 2.24) is 10.3 Å². The molecule has 0 unspecified atom stereocenters. The van der Waals surface area contributed by atoms with Gasteiger partial charge < -0.3 is 14.8 Å². The van der Waals surface area contributed by atoms with E-state index >= 15 is 0 Å². The normalized spacial score (nSPS) is 15.9. The van der Waals surface area contributed by atoms with Crippen LogP contribution >= 0.6 is 0 Å². The number of pyridine rings is 1.